The number of fused-ring (bicyclic) bond motifs is 1. The summed E-state index contributed by atoms with van der Waals surface area (Å²) in [4.78, 5) is 12.5. The Labute approximate surface area is 107 Å². The zero-order chi connectivity index (χ0) is 11.8. The van der Waals surface area contributed by atoms with Gasteiger partial charge in [-0.1, -0.05) is 17.7 Å². The maximum Gasteiger partial charge on any atom is 0.133 e. The average molecular weight is 262 g/mol. The summed E-state index contributed by atoms with van der Waals surface area (Å²) < 4.78 is 1.16. The molecule has 0 amide bonds. The Kier molecular flexibility index (Phi) is 2.53. The van der Waals surface area contributed by atoms with Crippen LogP contribution in [0.15, 0.2) is 30.6 Å². The van der Waals surface area contributed by atoms with E-state index >= 15 is 0 Å². The van der Waals surface area contributed by atoms with Crippen molar-refractivity contribution in [3.8, 4) is 11.3 Å². The molecule has 0 fully saturated rings. The molecule has 0 bridgehead atoms. The van der Waals surface area contributed by atoms with Gasteiger partial charge in [0.25, 0.3) is 0 Å². The Morgan fingerprint density at radius 2 is 2.06 bits per heavy atom. The van der Waals surface area contributed by atoms with Crippen LogP contribution < -0.4 is 0 Å². The number of benzene rings is 1. The molecule has 0 N–H and O–H groups in total. The Bertz CT molecular complexity index is 693. The van der Waals surface area contributed by atoms with E-state index in [1.54, 1.807) is 17.4 Å². The van der Waals surface area contributed by atoms with Gasteiger partial charge in [0.2, 0.25) is 0 Å². The largest absolute Gasteiger partial charge is 0.242 e. The van der Waals surface area contributed by atoms with Crippen LogP contribution in [-0.2, 0) is 0 Å². The summed E-state index contributed by atoms with van der Waals surface area (Å²) in [5, 5.41) is 1.52. The Morgan fingerprint density at radius 3 is 2.88 bits per heavy atom. The van der Waals surface area contributed by atoms with Crippen molar-refractivity contribution < 1.29 is 0 Å². The maximum absolute atomic E-state index is 5.86. The molecule has 0 aliphatic heterocycles. The lowest BCUT2D eigenvalue weighted by atomic mass is 10.1. The summed E-state index contributed by atoms with van der Waals surface area (Å²) in [6.07, 6.45) is 1.47. The van der Waals surface area contributed by atoms with Crippen molar-refractivity contribution in [2.24, 2.45) is 0 Å². The van der Waals surface area contributed by atoms with Crippen LogP contribution in [0.25, 0.3) is 21.5 Å². The quantitative estimate of drug-likeness (QED) is 0.627. The number of thiazole rings is 1. The second-order valence-electron chi connectivity index (χ2n) is 3.64. The van der Waals surface area contributed by atoms with Crippen LogP contribution >= 0.6 is 22.9 Å². The monoisotopic (exact) mass is 261 g/mol. The van der Waals surface area contributed by atoms with E-state index < -0.39 is 0 Å². The van der Waals surface area contributed by atoms with Gasteiger partial charge in [-0.15, -0.1) is 11.3 Å². The summed E-state index contributed by atoms with van der Waals surface area (Å²) in [7, 11) is 0. The number of rotatable bonds is 1. The summed E-state index contributed by atoms with van der Waals surface area (Å²) in [6.45, 7) is 2.01. The van der Waals surface area contributed by atoms with Gasteiger partial charge in [-0.25, -0.2) is 15.0 Å². The first-order chi connectivity index (χ1) is 8.22. The number of hydrogen-bond donors (Lipinski definition) is 0. The van der Waals surface area contributed by atoms with Gasteiger partial charge in [-0.3, -0.25) is 0 Å². The molecular weight excluding hydrogens is 254 g/mol. The van der Waals surface area contributed by atoms with Gasteiger partial charge >= 0.3 is 0 Å². The molecule has 84 valence electrons. The SMILES string of the molecule is Cc1nc2ccc(-c3cc(Cl)ncn3)cc2s1. The minimum atomic E-state index is 0.454. The van der Waals surface area contributed by atoms with E-state index in [0.29, 0.717) is 5.15 Å². The third-order valence-electron chi connectivity index (χ3n) is 2.42. The maximum atomic E-state index is 5.86. The lowest BCUT2D eigenvalue weighted by Crippen LogP contribution is -1.85. The second-order valence-corrected chi connectivity index (χ2v) is 5.26. The van der Waals surface area contributed by atoms with E-state index in [4.69, 9.17) is 11.6 Å². The highest BCUT2D eigenvalue weighted by Crippen LogP contribution is 2.27. The van der Waals surface area contributed by atoms with Crippen molar-refractivity contribution >= 4 is 33.2 Å². The molecule has 17 heavy (non-hydrogen) atoms. The summed E-state index contributed by atoms with van der Waals surface area (Å²) >= 11 is 7.53. The Balaban J connectivity index is 2.17. The molecule has 0 saturated carbocycles. The van der Waals surface area contributed by atoms with Gasteiger partial charge in [0, 0.05) is 11.6 Å². The average Bonchev–Trinajstić information content (AvgIpc) is 2.68. The molecule has 0 atom stereocenters. The predicted octanol–water partition coefficient (Wildman–Crippen LogP) is 3.72. The van der Waals surface area contributed by atoms with Gasteiger partial charge < -0.3 is 0 Å². The molecular formula is C12H8ClN3S. The van der Waals surface area contributed by atoms with E-state index in [1.165, 1.54) is 6.33 Å². The fourth-order valence-electron chi connectivity index (χ4n) is 1.69. The summed E-state index contributed by atoms with van der Waals surface area (Å²) in [5.41, 5.74) is 2.89. The highest BCUT2D eigenvalue weighted by atomic mass is 35.5. The van der Waals surface area contributed by atoms with Crippen LogP contribution in [-0.4, -0.2) is 15.0 Å². The third kappa shape index (κ3) is 2.01. The third-order valence-corrected chi connectivity index (χ3v) is 3.57. The fourth-order valence-corrected chi connectivity index (χ4v) is 2.70. The normalized spacial score (nSPS) is 10.9. The highest BCUT2D eigenvalue weighted by Gasteiger charge is 2.05. The van der Waals surface area contributed by atoms with E-state index in [-0.39, 0.29) is 0 Å². The van der Waals surface area contributed by atoms with Gasteiger partial charge in [0.1, 0.15) is 11.5 Å². The minimum absolute atomic E-state index is 0.454. The number of halogens is 1. The van der Waals surface area contributed by atoms with Crippen molar-refractivity contribution in [1.29, 1.82) is 0 Å². The van der Waals surface area contributed by atoms with Crippen molar-refractivity contribution in [2.45, 2.75) is 6.92 Å². The van der Waals surface area contributed by atoms with E-state index in [0.717, 1.165) is 26.5 Å². The topological polar surface area (TPSA) is 38.7 Å². The van der Waals surface area contributed by atoms with Crippen LogP contribution in [0.5, 0.6) is 0 Å². The van der Waals surface area contributed by atoms with E-state index in [9.17, 15) is 0 Å². The molecule has 0 aliphatic carbocycles. The van der Waals surface area contributed by atoms with E-state index in [1.807, 2.05) is 19.1 Å². The minimum Gasteiger partial charge on any atom is -0.242 e. The molecule has 3 rings (SSSR count). The van der Waals surface area contributed by atoms with Crippen molar-refractivity contribution in [3.63, 3.8) is 0 Å². The van der Waals surface area contributed by atoms with Gasteiger partial charge in [0.15, 0.2) is 0 Å². The fraction of sp³-hybridized carbons (Fsp3) is 0.0833. The van der Waals surface area contributed by atoms with Crippen LogP contribution in [0.3, 0.4) is 0 Å². The Morgan fingerprint density at radius 1 is 1.18 bits per heavy atom. The lowest BCUT2D eigenvalue weighted by Gasteiger charge is -2.00. The molecule has 0 unspecified atom stereocenters. The first-order valence-corrected chi connectivity index (χ1v) is 6.27. The molecule has 5 heteroatoms. The second kappa shape index (κ2) is 4.05. The molecule has 2 heterocycles. The first kappa shape index (κ1) is 10.6. The number of aryl methyl sites for hydroxylation is 1. The highest BCUT2D eigenvalue weighted by molar-refractivity contribution is 7.18. The van der Waals surface area contributed by atoms with Gasteiger partial charge in [-0.2, -0.15) is 0 Å². The van der Waals surface area contributed by atoms with Gasteiger partial charge in [0.05, 0.1) is 20.9 Å². The molecule has 0 radical (unpaired) electrons. The molecule has 3 aromatic rings. The predicted molar refractivity (Wildman–Crippen MR) is 70.4 cm³/mol. The van der Waals surface area contributed by atoms with Crippen molar-refractivity contribution in [2.75, 3.05) is 0 Å². The number of aromatic nitrogens is 3. The van der Waals surface area contributed by atoms with E-state index in [2.05, 4.69) is 21.0 Å². The smallest absolute Gasteiger partial charge is 0.133 e. The zero-order valence-corrected chi connectivity index (χ0v) is 10.6. The Hall–Kier alpha value is -1.52. The van der Waals surface area contributed by atoms with Crippen LogP contribution in [0, 0.1) is 6.92 Å². The lowest BCUT2D eigenvalue weighted by molar-refractivity contribution is 1.17. The van der Waals surface area contributed by atoms with Crippen LogP contribution in [0.4, 0.5) is 0 Å². The number of nitrogens with zero attached hydrogens (tertiary/aromatic N) is 3. The first-order valence-electron chi connectivity index (χ1n) is 5.07. The molecule has 2 aromatic heterocycles. The molecule has 0 saturated heterocycles. The molecule has 1 aromatic carbocycles. The molecule has 0 spiro atoms. The standard InChI is InChI=1S/C12H8ClN3S/c1-7-16-9-3-2-8(4-11(9)17-7)10-5-12(13)15-6-14-10/h2-6H,1H3. The van der Waals surface area contributed by atoms with Crippen molar-refractivity contribution in [1.82, 2.24) is 15.0 Å². The summed E-state index contributed by atoms with van der Waals surface area (Å²) in [6, 6.07) is 7.85. The van der Waals surface area contributed by atoms with Gasteiger partial charge in [-0.05, 0) is 19.1 Å². The molecule has 3 nitrogen and oxygen atoms in total. The summed E-state index contributed by atoms with van der Waals surface area (Å²) in [5.74, 6) is 0. The zero-order valence-electron chi connectivity index (χ0n) is 9.01. The molecule has 0 aliphatic rings. The number of hydrogen-bond acceptors (Lipinski definition) is 4. The van der Waals surface area contributed by atoms with Crippen molar-refractivity contribution in [3.05, 3.63) is 40.8 Å². The van der Waals surface area contributed by atoms with Crippen LogP contribution in [0.2, 0.25) is 5.15 Å². The van der Waals surface area contributed by atoms with Crippen LogP contribution in [0.1, 0.15) is 5.01 Å².